The zero-order chi connectivity index (χ0) is 72.8. The van der Waals surface area contributed by atoms with E-state index in [1.807, 2.05) is 0 Å². The summed E-state index contributed by atoms with van der Waals surface area (Å²) in [6, 6.07) is 0. The lowest BCUT2D eigenvalue weighted by molar-refractivity contribution is -0.161. The normalized spacial score (nSPS) is 14.2. The Balaban J connectivity index is 5.26. The number of carbonyl (C=O) groups excluding carboxylic acids is 4. The molecule has 0 aliphatic carbocycles. The van der Waals surface area contributed by atoms with Gasteiger partial charge in [0.25, 0.3) is 0 Å². The first kappa shape index (κ1) is 97.1. The first-order valence-corrected chi connectivity index (χ1v) is 44.5. The first-order chi connectivity index (χ1) is 47.9. The third-order valence-corrected chi connectivity index (χ3v) is 21.0. The highest BCUT2D eigenvalue weighted by Crippen LogP contribution is 2.45. The van der Waals surface area contributed by atoms with Gasteiger partial charge in [-0.05, 0) is 37.5 Å². The van der Waals surface area contributed by atoms with Crippen molar-refractivity contribution in [1.82, 2.24) is 0 Å². The molecule has 0 heterocycles. The van der Waals surface area contributed by atoms with Crippen LogP contribution in [0.4, 0.5) is 0 Å². The average molecular weight is 1450 g/mol. The maximum atomic E-state index is 13.1. The van der Waals surface area contributed by atoms with Gasteiger partial charge in [0.1, 0.15) is 19.3 Å². The van der Waals surface area contributed by atoms with Gasteiger partial charge in [-0.25, -0.2) is 9.13 Å². The molecule has 99 heavy (non-hydrogen) atoms. The summed E-state index contributed by atoms with van der Waals surface area (Å²) >= 11 is 0. The van der Waals surface area contributed by atoms with Gasteiger partial charge < -0.3 is 33.8 Å². The van der Waals surface area contributed by atoms with Crippen LogP contribution >= 0.6 is 15.6 Å². The van der Waals surface area contributed by atoms with Gasteiger partial charge in [-0.1, -0.05) is 369 Å². The van der Waals surface area contributed by atoms with Gasteiger partial charge in [0.05, 0.1) is 26.4 Å². The predicted molar refractivity (Wildman–Crippen MR) is 405 cm³/mol. The van der Waals surface area contributed by atoms with Gasteiger partial charge in [-0.2, -0.15) is 0 Å². The molecular weight excluding hydrogens is 1290 g/mol. The van der Waals surface area contributed by atoms with E-state index in [2.05, 4.69) is 41.5 Å². The summed E-state index contributed by atoms with van der Waals surface area (Å²) in [6.45, 7) is 9.67. The molecule has 0 aromatic heterocycles. The monoisotopic (exact) mass is 1450 g/mol. The lowest BCUT2D eigenvalue weighted by Crippen LogP contribution is -2.30. The summed E-state index contributed by atoms with van der Waals surface area (Å²) in [6.07, 6.45) is 60.8. The third-order valence-electron chi connectivity index (χ3n) is 19.1. The summed E-state index contributed by atoms with van der Waals surface area (Å²) in [4.78, 5) is 73.0. The van der Waals surface area contributed by atoms with E-state index in [0.29, 0.717) is 25.7 Å². The molecule has 6 atom stereocenters. The van der Waals surface area contributed by atoms with Crippen LogP contribution in [0.5, 0.6) is 0 Å². The van der Waals surface area contributed by atoms with E-state index < -0.39 is 97.5 Å². The molecule has 0 aromatic rings. The third kappa shape index (κ3) is 72.8. The fourth-order valence-corrected chi connectivity index (χ4v) is 13.9. The predicted octanol–water partition coefficient (Wildman–Crippen LogP) is 23.9. The number of unbranched alkanes of at least 4 members (excludes halogenated alkanes) is 48. The van der Waals surface area contributed by atoms with Crippen molar-refractivity contribution in [1.29, 1.82) is 0 Å². The van der Waals surface area contributed by atoms with Crippen LogP contribution in [0.3, 0.4) is 0 Å². The maximum Gasteiger partial charge on any atom is 0.472 e. The van der Waals surface area contributed by atoms with E-state index in [4.69, 9.17) is 37.0 Å². The standard InChI is InChI=1S/C80H156O17P2/c1-7-10-12-14-16-18-20-22-29-33-37-44-50-56-62-77(82)90-68-75(96-80(85)65-59-53-47-39-35-31-27-25-24-26-28-32-36-42-48-54-60-72(4)5)70-94-98(86,87)92-66-74(81)67-93-99(88,89)95-71-76(69-91-78(83)63-57-51-45-41-40-43-49-55-61-73(6)9-3)97-79(84)64-58-52-46-38-34-30-23-21-19-17-15-13-11-8-2/h72-76,81H,7-71H2,1-6H3,(H,86,87)(H,88,89)/t73?,74-,75-,76-/m1/s1. The molecule has 0 bridgehead atoms. The number of hydrogen-bond acceptors (Lipinski definition) is 15. The molecule has 17 nitrogen and oxygen atoms in total. The van der Waals surface area contributed by atoms with Crippen molar-refractivity contribution in [2.45, 2.75) is 439 Å². The van der Waals surface area contributed by atoms with E-state index >= 15 is 0 Å². The molecule has 3 unspecified atom stereocenters. The van der Waals surface area contributed by atoms with Crippen molar-refractivity contribution in [2.75, 3.05) is 39.6 Å². The van der Waals surface area contributed by atoms with E-state index in [0.717, 1.165) is 102 Å². The summed E-state index contributed by atoms with van der Waals surface area (Å²) in [5, 5.41) is 10.6. The van der Waals surface area contributed by atoms with Crippen LogP contribution in [0.1, 0.15) is 420 Å². The minimum absolute atomic E-state index is 0.108. The van der Waals surface area contributed by atoms with E-state index in [1.54, 1.807) is 0 Å². The summed E-state index contributed by atoms with van der Waals surface area (Å²) < 4.78 is 68.7. The summed E-state index contributed by atoms with van der Waals surface area (Å²) in [5.41, 5.74) is 0. The van der Waals surface area contributed by atoms with Crippen LogP contribution in [0.2, 0.25) is 0 Å². The van der Waals surface area contributed by atoms with E-state index in [1.165, 1.54) is 238 Å². The second-order valence-electron chi connectivity index (χ2n) is 29.5. The van der Waals surface area contributed by atoms with Crippen molar-refractivity contribution >= 4 is 39.5 Å². The largest absolute Gasteiger partial charge is 0.472 e. The highest BCUT2D eigenvalue weighted by Gasteiger charge is 2.30. The summed E-state index contributed by atoms with van der Waals surface area (Å²) in [5.74, 6) is -0.520. The molecule has 0 aliphatic heterocycles. The Morgan fingerprint density at radius 2 is 0.515 bits per heavy atom. The molecule has 0 fully saturated rings. The second kappa shape index (κ2) is 71.7. The molecule has 0 radical (unpaired) electrons. The first-order valence-electron chi connectivity index (χ1n) is 41.5. The molecule has 0 rings (SSSR count). The van der Waals surface area contributed by atoms with Gasteiger partial charge in [0, 0.05) is 25.7 Å². The van der Waals surface area contributed by atoms with Gasteiger partial charge in [-0.3, -0.25) is 37.3 Å². The van der Waals surface area contributed by atoms with Crippen molar-refractivity contribution in [3.63, 3.8) is 0 Å². The molecular formula is C80H156O17P2. The Labute approximate surface area is 607 Å². The van der Waals surface area contributed by atoms with Crippen LogP contribution in [-0.2, 0) is 65.4 Å². The topological polar surface area (TPSA) is 237 Å². The number of carbonyl (C=O) groups is 4. The molecule has 0 aromatic carbocycles. The van der Waals surface area contributed by atoms with Crippen LogP contribution in [-0.4, -0.2) is 96.7 Å². The number of ether oxygens (including phenoxy) is 4. The Hall–Kier alpha value is -1.94. The Kier molecular flexibility index (Phi) is 70.3. The maximum absolute atomic E-state index is 13.1. The molecule has 0 spiro atoms. The SMILES string of the molecule is CCCCCCCCCCCCCCCCC(=O)OC[C@H](COP(=O)(O)OC[C@@H](O)COP(=O)(O)OC[C@@H](COC(=O)CCCCCCCCCCC(C)CC)OC(=O)CCCCCCCCCCCCCCCC)OC(=O)CCCCCCCCCCCCCCCCCCC(C)C. The minimum atomic E-state index is -4.96. The molecule has 588 valence electrons. The minimum Gasteiger partial charge on any atom is -0.462 e. The van der Waals surface area contributed by atoms with Gasteiger partial charge >= 0.3 is 39.5 Å². The molecule has 0 aliphatic rings. The Morgan fingerprint density at radius 1 is 0.293 bits per heavy atom. The highest BCUT2D eigenvalue weighted by atomic mass is 31.2. The zero-order valence-corrected chi connectivity index (χ0v) is 66.6. The van der Waals surface area contributed by atoms with E-state index in [9.17, 15) is 43.2 Å². The van der Waals surface area contributed by atoms with Crippen molar-refractivity contribution in [2.24, 2.45) is 11.8 Å². The van der Waals surface area contributed by atoms with Gasteiger partial charge in [0.15, 0.2) is 12.2 Å². The quantitative estimate of drug-likeness (QED) is 0.0222. The molecule has 0 saturated carbocycles. The number of phosphoric acid groups is 2. The zero-order valence-electron chi connectivity index (χ0n) is 64.8. The van der Waals surface area contributed by atoms with E-state index in [-0.39, 0.29) is 25.7 Å². The van der Waals surface area contributed by atoms with Crippen molar-refractivity contribution in [3.05, 3.63) is 0 Å². The molecule has 0 saturated heterocycles. The van der Waals surface area contributed by atoms with Gasteiger partial charge in [0.2, 0.25) is 0 Å². The number of hydrogen-bond donors (Lipinski definition) is 3. The Morgan fingerprint density at radius 3 is 0.768 bits per heavy atom. The molecule has 19 heteroatoms. The average Bonchev–Trinajstić information content (AvgIpc) is 1.09. The number of aliphatic hydroxyl groups excluding tert-OH is 1. The van der Waals surface area contributed by atoms with Crippen molar-refractivity contribution < 1.29 is 80.2 Å². The number of esters is 4. The van der Waals surface area contributed by atoms with Crippen LogP contribution in [0, 0.1) is 11.8 Å². The van der Waals surface area contributed by atoms with Crippen LogP contribution < -0.4 is 0 Å². The molecule has 3 N–H and O–H groups in total. The highest BCUT2D eigenvalue weighted by molar-refractivity contribution is 7.47. The fraction of sp³-hybridized carbons (Fsp3) is 0.950. The van der Waals surface area contributed by atoms with Crippen LogP contribution in [0.25, 0.3) is 0 Å². The Bertz CT molecular complexity index is 1910. The number of rotatable bonds is 79. The number of phosphoric ester groups is 2. The smallest absolute Gasteiger partial charge is 0.462 e. The number of aliphatic hydroxyl groups is 1. The summed E-state index contributed by atoms with van der Waals surface area (Å²) in [7, 11) is -9.92. The van der Waals surface area contributed by atoms with Gasteiger partial charge in [-0.15, -0.1) is 0 Å². The second-order valence-corrected chi connectivity index (χ2v) is 32.4. The van der Waals surface area contributed by atoms with Crippen LogP contribution in [0.15, 0.2) is 0 Å². The van der Waals surface area contributed by atoms with Crippen molar-refractivity contribution in [3.8, 4) is 0 Å². The fourth-order valence-electron chi connectivity index (χ4n) is 12.3. The lowest BCUT2D eigenvalue weighted by Gasteiger charge is -2.21. The molecule has 0 amide bonds. The lowest BCUT2D eigenvalue weighted by atomic mass is 9.99.